The number of aliphatic carboxylic acids is 1. The SMILES string of the molecule is O=C(O)C1CC(=O)N(C(CN2CCCCCC2)c2ccccc2)C1. The van der Waals surface area contributed by atoms with E-state index in [1.54, 1.807) is 4.90 Å². The first-order valence-corrected chi connectivity index (χ1v) is 8.94. The molecule has 0 spiro atoms. The molecule has 0 bridgehead atoms. The third kappa shape index (κ3) is 3.96. The smallest absolute Gasteiger partial charge is 0.308 e. The molecule has 2 saturated heterocycles. The van der Waals surface area contributed by atoms with E-state index in [0.29, 0.717) is 6.54 Å². The topological polar surface area (TPSA) is 60.9 Å². The molecule has 1 aromatic carbocycles. The third-order valence-corrected chi connectivity index (χ3v) is 5.20. The number of benzene rings is 1. The van der Waals surface area contributed by atoms with Gasteiger partial charge in [0.15, 0.2) is 0 Å². The van der Waals surface area contributed by atoms with Crippen LogP contribution in [0, 0.1) is 5.92 Å². The predicted molar refractivity (Wildman–Crippen MR) is 91.5 cm³/mol. The maximum absolute atomic E-state index is 12.5. The monoisotopic (exact) mass is 330 g/mol. The van der Waals surface area contributed by atoms with Crippen LogP contribution in [0.25, 0.3) is 0 Å². The van der Waals surface area contributed by atoms with E-state index in [-0.39, 0.29) is 18.4 Å². The molecule has 0 aliphatic carbocycles. The lowest BCUT2D eigenvalue weighted by molar-refractivity contribution is -0.141. The summed E-state index contributed by atoms with van der Waals surface area (Å²) in [4.78, 5) is 28.0. The van der Waals surface area contributed by atoms with E-state index in [9.17, 15) is 14.7 Å². The molecule has 2 aliphatic rings. The zero-order valence-corrected chi connectivity index (χ0v) is 14.1. The Hall–Kier alpha value is -1.88. The third-order valence-electron chi connectivity index (χ3n) is 5.20. The van der Waals surface area contributed by atoms with E-state index in [2.05, 4.69) is 4.90 Å². The number of hydrogen-bond donors (Lipinski definition) is 1. The van der Waals surface area contributed by atoms with E-state index < -0.39 is 11.9 Å². The molecule has 5 nitrogen and oxygen atoms in total. The molecule has 2 unspecified atom stereocenters. The standard InChI is InChI=1S/C19H26N2O3/c22-18-12-16(19(23)24)13-21(18)17(15-8-4-3-5-9-15)14-20-10-6-1-2-7-11-20/h3-5,8-9,16-17H,1-2,6-7,10-14H2,(H,23,24). The molecule has 2 fully saturated rings. The van der Waals surface area contributed by atoms with Gasteiger partial charge in [0, 0.05) is 19.5 Å². The molecule has 1 amide bonds. The van der Waals surface area contributed by atoms with Gasteiger partial charge in [-0.05, 0) is 31.5 Å². The number of likely N-dealkylation sites (tertiary alicyclic amines) is 2. The molecular weight excluding hydrogens is 304 g/mol. The average Bonchev–Trinajstić information content (AvgIpc) is 2.80. The summed E-state index contributed by atoms with van der Waals surface area (Å²) in [6, 6.07) is 9.98. The molecule has 0 saturated carbocycles. The number of hydrogen-bond acceptors (Lipinski definition) is 3. The Bertz CT molecular complexity index is 567. The summed E-state index contributed by atoms with van der Waals surface area (Å²) in [5, 5.41) is 9.27. The summed E-state index contributed by atoms with van der Waals surface area (Å²) >= 11 is 0. The summed E-state index contributed by atoms with van der Waals surface area (Å²) in [6.07, 6.45) is 5.07. The average molecular weight is 330 g/mol. The lowest BCUT2D eigenvalue weighted by Gasteiger charge is -2.33. The van der Waals surface area contributed by atoms with Gasteiger partial charge in [0.05, 0.1) is 12.0 Å². The predicted octanol–water partition coefficient (Wildman–Crippen LogP) is 2.54. The minimum atomic E-state index is -0.868. The van der Waals surface area contributed by atoms with Crippen molar-refractivity contribution in [3.63, 3.8) is 0 Å². The molecule has 3 rings (SSSR count). The van der Waals surface area contributed by atoms with Crippen molar-refractivity contribution < 1.29 is 14.7 Å². The largest absolute Gasteiger partial charge is 0.481 e. The fourth-order valence-electron chi connectivity index (χ4n) is 3.82. The Labute approximate surface area is 143 Å². The van der Waals surface area contributed by atoms with Crippen molar-refractivity contribution in [1.82, 2.24) is 9.80 Å². The second kappa shape index (κ2) is 7.79. The molecule has 1 aromatic rings. The second-order valence-electron chi connectivity index (χ2n) is 6.93. The number of nitrogens with zero attached hydrogens (tertiary/aromatic N) is 2. The van der Waals surface area contributed by atoms with Crippen LogP contribution in [0.15, 0.2) is 30.3 Å². The zero-order valence-electron chi connectivity index (χ0n) is 14.1. The summed E-state index contributed by atoms with van der Waals surface area (Å²) < 4.78 is 0. The molecule has 130 valence electrons. The zero-order chi connectivity index (χ0) is 16.9. The summed E-state index contributed by atoms with van der Waals surface area (Å²) in [5.41, 5.74) is 1.10. The van der Waals surface area contributed by atoms with Crippen molar-refractivity contribution >= 4 is 11.9 Å². The molecule has 24 heavy (non-hydrogen) atoms. The molecule has 5 heteroatoms. The van der Waals surface area contributed by atoms with Gasteiger partial charge >= 0.3 is 5.97 Å². The van der Waals surface area contributed by atoms with E-state index >= 15 is 0 Å². The quantitative estimate of drug-likeness (QED) is 0.901. The first-order chi connectivity index (χ1) is 11.6. The van der Waals surface area contributed by atoms with Gasteiger partial charge in [0.2, 0.25) is 5.91 Å². The Morgan fingerprint density at radius 3 is 2.38 bits per heavy atom. The number of carbonyl (C=O) groups is 2. The lowest BCUT2D eigenvalue weighted by atomic mass is 10.0. The number of rotatable bonds is 5. The van der Waals surface area contributed by atoms with Crippen LogP contribution in [-0.2, 0) is 9.59 Å². The van der Waals surface area contributed by atoms with Gasteiger partial charge in [0.1, 0.15) is 0 Å². The van der Waals surface area contributed by atoms with Gasteiger partial charge in [0.25, 0.3) is 0 Å². The maximum atomic E-state index is 12.5. The van der Waals surface area contributed by atoms with Crippen molar-refractivity contribution in [2.75, 3.05) is 26.2 Å². The van der Waals surface area contributed by atoms with Crippen molar-refractivity contribution in [3.05, 3.63) is 35.9 Å². The van der Waals surface area contributed by atoms with Crippen molar-refractivity contribution in [3.8, 4) is 0 Å². The first-order valence-electron chi connectivity index (χ1n) is 8.94. The van der Waals surface area contributed by atoms with Crippen LogP contribution >= 0.6 is 0 Å². The minimum Gasteiger partial charge on any atom is -0.481 e. The van der Waals surface area contributed by atoms with Crippen LogP contribution in [0.5, 0.6) is 0 Å². The fourth-order valence-corrected chi connectivity index (χ4v) is 3.82. The molecular formula is C19H26N2O3. The highest BCUT2D eigenvalue weighted by Crippen LogP contribution is 2.30. The van der Waals surface area contributed by atoms with Crippen molar-refractivity contribution in [1.29, 1.82) is 0 Å². The lowest BCUT2D eigenvalue weighted by Crippen LogP contribution is -2.39. The van der Waals surface area contributed by atoms with Gasteiger partial charge in [-0.15, -0.1) is 0 Å². The molecule has 0 radical (unpaired) electrons. The Morgan fingerprint density at radius 1 is 1.12 bits per heavy atom. The Kier molecular flexibility index (Phi) is 5.51. The second-order valence-corrected chi connectivity index (χ2v) is 6.93. The van der Waals surface area contributed by atoms with Gasteiger partial charge in [-0.3, -0.25) is 9.59 Å². The number of amides is 1. The van der Waals surface area contributed by atoms with Crippen LogP contribution in [0.4, 0.5) is 0 Å². The van der Waals surface area contributed by atoms with Crippen LogP contribution in [0.1, 0.15) is 43.7 Å². The molecule has 2 atom stereocenters. The van der Waals surface area contributed by atoms with Crippen LogP contribution in [0.3, 0.4) is 0 Å². The first kappa shape index (κ1) is 17.0. The van der Waals surface area contributed by atoms with Crippen LogP contribution in [0.2, 0.25) is 0 Å². The number of carboxylic acid groups (broad SMARTS) is 1. The van der Waals surface area contributed by atoms with Gasteiger partial charge in [-0.1, -0.05) is 43.2 Å². The molecule has 0 aromatic heterocycles. The summed E-state index contributed by atoms with van der Waals surface area (Å²) in [6.45, 7) is 3.24. The van der Waals surface area contributed by atoms with E-state index in [0.717, 1.165) is 25.2 Å². The number of carbonyl (C=O) groups excluding carboxylic acids is 1. The van der Waals surface area contributed by atoms with Crippen molar-refractivity contribution in [2.45, 2.75) is 38.1 Å². The highest BCUT2D eigenvalue weighted by Gasteiger charge is 2.38. The van der Waals surface area contributed by atoms with E-state index in [4.69, 9.17) is 0 Å². The Morgan fingerprint density at radius 2 is 1.79 bits per heavy atom. The van der Waals surface area contributed by atoms with Crippen LogP contribution in [-0.4, -0.2) is 53.0 Å². The Balaban J connectivity index is 1.80. The van der Waals surface area contributed by atoms with Crippen LogP contribution < -0.4 is 0 Å². The highest BCUT2D eigenvalue weighted by molar-refractivity contribution is 5.86. The maximum Gasteiger partial charge on any atom is 0.308 e. The summed E-state index contributed by atoms with van der Waals surface area (Å²) in [5.74, 6) is -1.48. The normalized spacial score (nSPS) is 23.9. The van der Waals surface area contributed by atoms with Gasteiger partial charge in [-0.2, -0.15) is 0 Å². The summed E-state index contributed by atoms with van der Waals surface area (Å²) in [7, 11) is 0. The molecule has 2 aliphatic heterocycles. The van der Waals surface area contributed by atoms with Gasteiger partial charge < -0.3 is 14.9 Å². The van der Waals surface area contributed by atoms with Gasteiger partial charge in [-0.25, -0.2) is 0 Å². The van der Waals surface area contributed by atoms with E-state index in [1.807, 2.05) is 30.3 Å². The molecule has 2 heterocycles. The highest BCUT2D eigenvalue weighted by atomic mass is 16.4. The molecule has 1 N–H and O–H groups in total. The van der Waals surface area contributed by atoms with E-state index in [1.165, 1.54) is 25.7 Å². The van der Waals surface area contributed by atoms with Crippen molar-refractivity contribution in [2.24, 2.45) is 5.92 Å². The minimum absolute atomic E-state index is 0.0360. The number of carboxylic acids is 1. The fraction of sp³-hybridized carbons (Fsp3) is 0.579.